The van der Waals surface area contributed by atoms with Crippen LogP contribution in [-0.4, -0.2) is 12.7 Å². The Balaban J connectivity index is 1.83. The van der Waals surface area contributed by atoms with Crippen LogP contribution in [0.5, 0.6) is 0 Å². The molecule has 6 heteroatoms. The molecule has 0 N–H and O–H groups in total. The van der Waals surface area contributed by atoms with Gasteiger partial charge in [0, 0.05) is 6.54 Å². The molecule has 0 aliphatic heterocycles. The molecule has 4 nitrogen and oxygen atoms in total. The number of thiophene rings is 1. The zero-order chi connectivity index (χ0) is 16.1. The first kappa shape index (κ1) is 16.0. The minimum Gasteiger partial charge on any atom is -0.468 e. The van der Waals surface area contributed by atoms with Crippen LogP contribution < -0.4 is 0 Å². The van der Waals surface area contributed by atoms with Crippen molar-refractivity contribution in [2.45, 2.75) is 18.8 Å². The highest BCUT2D eigenvalue weighted by molar-refractivity contribution is 7.88. The molecule has 0 aliphatic rings. The van der Waals surface area contributed by atoms with E-state index >= 15 is 0 Å². The fraction of sp³-hybridized carbons (Fsp3) is 0.176. The molecule has 0 saturated carbocycles. The van der Waals surface area contributed by atoms with Crippen molar-refractivity contribution in [3.63, 3.8) is 0 Å². The van der Waals surface area contributed by atoms with Crippen molar-refractivity contribution in [1.29, 1.82) is 0 Å². The molecule has 2 aromatic heterocycles. The summed E-state index contributed by atoms with van der Waals surface area (Å²) in [4.78, 5) is 0. The number of rotatable bonds is 7. The van der Waals surface area contributed by atoms with Gasteiger partial charge in [-0.3, -0.25) is 0 Å². The lowest BCUT2D eigenvalue weighted by Gasteiger charge is -2.21. The molecule has 0 amide bonds. The highest BCUT2D eigenvalue weighted by Gasteiger charge is 2.24. The molecule has 0 fully saturated rings. The van der Waals surface area contributed by atoms with E-state index in [2.05, 4.69) is 0 Å². The second-order valence-electron chi connectivity index (χ2n) is 5.22. The molecule has 0 atom stereocenters. The van der Waals surface area contributed by atoms with Crippen LogP contribution >= 0.6 is 11.3 Å². The van der Waals surface area contributed by atoms with E-state index in [4.69, 9.17) is 4.42 Å². The maximum Gasteiger partial charge on any atom is 0.219 e. The summed E-state index contributed by atoms with van der Waals surface area (Å²) < 4.78 is 32.5. The molecule has 3 aromatic rings. The highest BCUT2D eigenvalue weighted by Crippen LogP contribution is 2.19. The Morgan fingerprint density at radius 2 is 1.78 bits per heavy atom. The van der Waals surface area contributed by atoms with Gasteiger partial charge in [0.2, 0.25) is 10.0 Å². The first-order valence-corrected chi connectivity index (χ1v) is 9.74. The molecule has 2 heterocycles. The van der Waals surface area contributed by atoms with Gasteiger partial charge in [-0.15, -0.1) is 0 Å². The Morgan fingerprint density at radius 1 is 0.957 bits per heavy atom. The van der Waals surface area contributed by atoms with E-state index in [0.29, 0.717) is 12.3 Å². The summed E-state index contributed by atoms with van der Waals surface area (Å²) in [5, 5.41) is 3.91. The van der Waals surface area contributed by atoms with Crippen LogP contribution in [0.15, 0.2) is 70.0 Å². The number of benzene rings is 1. The van der Waals surface area contributed by atoms with Gasteiger partial charge in [0.05, 0.1) is 18.6 Å². The Bertz CT molecular complexity index is 774. The smallest absolute Gasteiger partial charge is 0.219 e. The Labute approximate surface area is 140 Å². The molecule has 0 saturated heterocycles. The van der Waals surface area contributed by atoms with E-state index in [1.807, 2.05) is 47.2 Å². The summed E-state index contributed by atoms with van der Waals surface area (Å²) in [5.41, 5.74) is 1.76. The van der Waals surface area contributed by atoms with Crippen molar-refractivity contribution < 1.29 is 12.8 Å². The van der Waals surface area contributed by atoms with Crippen molar-refractivity contribution in [1.82, 2.24) is 4.31 Å². The molecule has 0 radical (unpaired) electrons. The van der Waals surface area contributed by atoms with Crippen molar-refractivity contribution >= 4 is 21.4 Å². The van der Waals surface area contributed by atoms with Gasteiger partial charge in [-0.1, -0.05) is 30.3 Å². The van der Waals surface area contributed by atoms with Gasteiger partial charge in [-0.25, -0.2) is 8.42 Å². The van der Waals surface area contributed by atoms with Gasteiger partial charge in [-0.2, -0.15) is 15.6 Å². The lowest BCUT2D eigenvalue weighted by Crippen LogP contribution is -2.31. The largest absolute Gasteiger partial charge is 0.468 e. The van der Waals surface area contributed by atoms with Crippen LogP contribution in [0.25, 0.3) is 0 Å². The Morgan fingerprint density at radius 3 is 2.43 bits per heavy atom. The molecule has 0 bridgehead atoms. The number of furan rings is 1. The standard InChI is InChI=1S/C17H17NO3S2/c19-23(20,14-15-5-2-1-3-6-15)18(11-16-8-10-22-13-16)12-17-7-4-9-21-17/h1-10,13H,11-12,14H2. The summed E-state index contributed by atoms with van der Waals surface area (Å²) in [6, 6.07) is 14.7. The molecule has 3 rings (SSSR count). The predicted octanol–water partition coefficient (Wildman–Crippen LogP) is 3.87. The minimum atomic E-state index is -3.45. The van der Waals surface area contributed by atoms with Gasteiger partial charge in [-0.05, 0) is 40.1 Å². The molecule has 0 aliphatic carbocycles. The van der Waals surface area contributed by atoms with Crippen LogP contribution in [0.1, 0.15) is 16.9 Å². The van der Waals surface area contributed by atoms with Crippen LogP contribution in [0.3, 0.4) is 0 Å². The molecular weight excluding hydrogens is 330 g/mol. The van der Waals surface area contributed by atoms with E-state index in [1.54, 1.807) is 29.7 Å². The van der Waals surface area contributed by atoms with Crippen molar-refractivity contribution in [3.05, 3.63) is 82.4 Å². The summed E-state index contributed by atoms with van der Waals surface area (Å²) in [6.07, 6.45) is 1.56. The molecule has 1 aromatic carbocycles. The Kier molecular flexibility index (Phi) is 4.95. The molecule has 120 valence electrons. The number of hydrogen-bond donors (Lipinski definition) is 0. The minimum absolute atomic E-state index is 0.0152. The summed E-state index contributed by atoms with van der Waals surface area (Å²) in [5.74, 6) is 0.621. The van der Waals surface area contributed by atoms with E-state index in [9.17, 15) is 8.42 Å². The van der Waals surface area contributed by atoms with Crippen LogP contribution in [0, 0.1) is 0 Å². The third kappa shape index (κ3) is 4.31. The zero-order valence-electron chi connectivity index (χ0n) is 12.5. The fourth-order valence-electron chi connectivity index (χ4n) is 2.29. The van der Waals surface area contributed by atoms with E-state index < -0.39 is 10.0 Å². The fourth-order valence-corrected chi connectivity index (χ4v) is 4.42. The van der Waals surface area contributed by atoms with Crippen molar-refractivity contribution in [2.75, 3.05) is 0 Å². The monoisotopic (exact) mass is 347 g/mol. The average Bonchev–Trinajstić information content (AvgIpc) is 3.21. The maximum atomic E-state index is 12.8. The van der Waals surface area contributed by atoms with Crippen LogP contribution in [-0.2, 0) is 28.9 Å². The lowest BCUT2D eigenvalue weighted by atomic mass is 10.2. The first-order valence-electron chi connectivity index (χ1n) is 7.19. The molecular formula is C17H17NO3S2. The van der Waals surface area contributed by atoms with Crippen LogP contribution in [0.4, 0.5) is 0 Å². The van der Waals surface area contributed by atoms with Crippen molar-refractivity contribution in [3.8, 4) is 0 Å². The van der Waals surface area contributed by atoms with Gasteiger partial charge >= 0.3 is 0 Å². The van der Waals surface area contributed by atoms with E-state index in [1.165, 1.54) is 4.31 Å². The summed E-state index contributed by atoms with van der Waals surface area (Å²) in [7, 11) is -3.45. The third-order valence-corrected chi connectivity index (χ3v) is 5.91. The maximum absolute atomic E-state index is 12.8. The van der Waals surface area contributed by atoms with Gasteiger partial charge in [0.15, 0.2) is 0 Å². The zero-order valence-corrected chi connectivity index (χ0v) is 14.1. The first-order chi connectivity index (χ1) is 11.1. The lowest BCUT2D eigenvalue weighted by molar-refractivity contribution is 0.358. The van der Waals surface area contributed by atoms with Gasteiger partial charge in [0.25, 0.3) is 0 Å². The number of hydrogen-bond acceptors (Lipinski definition) is 4. The number of sulfonamides is 1. The van der Waals surface area contributed by atoms with Crippen LogP contribution in [0.2, 0.25) is 0 Å². The number of nitrogens with zero attached hydrogens (tertiary/aromatic N) is 1. The van der Waals surface area contributed by atoms with E-state index in [0.717, 1.165) is 11.1 Å². The molecule has 0 unspecified atom stereocenters. The van der Waals surface area contributed by atoms with Gasteiger partial charge < -0.3 is 4.42 Å². The topological polar surface area (TPSA) is 50.5 Å². The van der Waals surface area contributed by atoms with Gasteiger partial charge in [0.1, 0.15) is 5.76 Å². The summed E-state index contributed by atoms with van der Waals surface area (Å²) in [6.45, 7) is 0.581. The second-order valence-corrected chi connectivity index (χ2v) is 7.97. The summed E-state index contributed by atoms with van der Waals surface area (Å²) >= 11 is 1.56. The normalized spacial score (nSPS) is 11.9. The quantitative estimate of drug-likeness (QED) is 0.652. The SMILES string of the molecule is O=S(=O)(Cc1ccccc1)N(Cc1ccsc1)Cc1ccco1. The Hall–Kier alpha value is -1.89. The highest BCUT2D eigenvalue weighted by atomic mass is 32.2. The predicted molar refractivity (Wildman–Crippen MR) is 91.3 cm³/mol. The molecule has 0 spiro atoms. The molecule has 23 heavy (non-hydrogen) atoms. The second kappa shape index (κ2) is 7.12. The van der Waals surface area contributed by atoms with E-state index in [-0.39, 0.29) is 12.3 Å². The third-order valence-electron chi connectivity index (χ3n) is 3.44. The average molecular weight is 347 g/mol. The van der Waals surface area contributed by atoms with Crippen molar-refractivity contribution in [2.24, 2.45) is 0 Å².